The summed E-state index contributed by atoms with van der Waals surface area (Å²) in [5.74, 6) is -0.0712. The highest BCUT2D eigenvalue weighted by Gasteiger charge is 2.18. The van der Waals surface area contributed by atoms with Gasteiger partial charge in [-0.1, -0.05) is 310 Å². The lowest BCUT2D eigenvalue weighted by Gasteiger charge is -2.20. The average Bonchev–Trinajstić information content (AvgIpc) is 3.36. The van der Waals surface area contributed by atoms with Crippen molar-refractivity contribution in [2.75, 3.05) is 6.61 Å². The van der Waals surface area contributed by atoms with Gasteiger partial charge in [0.1, 0.15) is 0 Å². The first-order chi connectivity index (χ1) is 34.7. The largest absolute Gasteiger partial charge is 0.394 e. The van der Waals surface area contributed by atoms with Crippen LogP contribution in [0.15, 0.2) is 97.2 Å². The molecular formula is C66H117NO3. The Bertz CT molecular complexity index is 1290. The van der Waals surface area contributed by atoms with Gasteiger partial charge < -0.3 is 15.5 Å². The van der Waals surface area contributed by atoms with E-state index in [1.807, 2.05) is 6.08 Å². The molecule has 0 aromatic carbocycles. The van der Waals surface area contributed by atoms with Gasteiger partial charge in [0.25, 0.3) is 0 Å². The number of nitrogens with one attached hydrogen (secondary N) is 1. The van der Waals surface area contributed by atoms with Crippen molar-refractivity contribution in [2.24, 2.45) is 0 Å². The number of aliphatic hydroxyl groups is 2. The Hall–Kier alpha value is -2.69. The highest BCUT2D eigenvalue weighted by molar-refractivity contribution is 5.76. The molecule has 0 heterocycles. The molecule has 4 heteroatoms. The molecule has 0 saturated carbocycles. The first kappa shape index (κ1) is 67.3. The van der Waals surface area contributed by atoms with E-state index in [4.69, 9.17) is 0 Å². The summed E-state index contributed by atoms with van der Waals surface area (Å²) < 4.78 is 0. The van der Waals surface area contributed by atoms with Crippen LogP contribution in [-0.4, -0.2) is 34.9 Å². The molecule has 0 radical (unpaired) electrons. The van der Waals surface area contributed by atoms with Crippen molar-refractivity contribution in [1.29, 1.82) is 0 Å². The molecule has 2 unspecified atom stereocenters. The van der Waals surface area contributed by atoms with Crippen molar-refractivity contribution in [3.8, 4) is 0 Å². The summed E-state index contributed by atoms with van der Waals surface area (Å²) >= 11 is 0. The highest BCUT2D eigenvalue weighted by Crippen LogP contribution is 2.17. The second-order valence-electron chi connectivity index (χ2n) is 20.4. The zero-order valence-corrected chi connectivity index (χ0v) is 46.5. The van der Waals surface area contributed by atoms with E-state index in [-0.39, 0.29) is 12.5 Å². The van der Waals surface area contributed by atoms with Gasteiger partial charge in [-0.2, -0.15) is 0 Å². The van der Waals surface area contributed by atoms with Gasteiger partial charge in [-0.15, -0.1) is 0 Å². The van der Waals surface area contributed by atoms with Crippen LogP contribution in [0.1, 0.15) is 296 Å². The number of unbranched alkanes of at least 4 members (excludes halogenated alkanes) is 34. The number of hydrogen-bond donors (Lipinski definition) is 3. The van der Waals surface area contributed by atoms with Crippen LogP contribution in [0.2, 0.25) is 0 Å². The number of hydrogen-bond acceptors (Lipinski definition) is 3. The Morgan fingerprint density at radius 3 is 0.943 bits per heavy atom. The van der Waals surface area contributed by atoms with Gasteiger partial charge in [0.15, 0.2) is 0 Å². The number of allylic oxidation sites excluding steroid dienone is 15. The summed E-state index contributed by atoms with van der Waals surface area (Å²) in [5, 5.41) is 23.2. The first-order valence-electron chi connectivity index (χ1n) is 30.5. The molecular weight excluding hydrogens is 855 g/mol. The molecule has 4 nitrogen and oxygen atoms in total. The van der Waals surface area contributed by atoms with Crippen molar-refractivity contribution in [3.63, 3.8) is 0 Å². The molecule has 0 aromatic heterocycles. The van der Waals surface area contributed by atoms with Crippen molar-refractivity contribution in [1.82, 2.24) is 5.32 Å². The molecule has 0 bridgehead atoms. The first-order valence-corrected chi connectivity index (χ1v) is 30.5. The zero-order chi connectivity index (χ0) is 50.6. The summed E-state index contributed by atoms with van der Waals surface area (Å²) in [5.41, 5.74) is 0. The van der Waals surface area contributed by atoms with E-state index >= 15 is 0 Å². The number of carbonyl (C=O) groups is 1. The normalized spacial score (nSPS) is 13.5. The summed E-state index contributed by atoms with van der Waals surface area (Å²) in [6, 6.07) is -0.633. The SMILES string of the molecule is CC/C=C\C/C=C\C/C=C\C/C=C\C/C=C\C/C=C\C/C=C\CCCCCCCCCCCC(=O)NC(CO)C(O)/C=C/CCCCCCCCCCCCCCCCCCCCCCCCCCC. The third-order valence-electron chi connectivity index (χ3n) is 13.6. The van der Waals surface area contributed by atoms with Crippen LogP contribution in [0.25, 0.3) is 0 Å². The van der Waals surface area contributed by atoms with Crippen molar-refractivity contribution < 1.29 is 15.0 Å². The molecule has 3 N–H and O–H groups in total. The third kappa shape index (κ3) is 56.2. The van der Waals surface area contributed by atoms with Gasteiger partial charge in [-0.05, 0) is 77.0 Å². The molecule has 0 aromatic rings. The second-order valence-corrected chi connectivity index (χ2v) is 20.4. The zero-order valence-electron chi connectivity index (χ0n) is 46.5. The van der Waals surface area contributed by atoms with Crippen LogP contribution in [0.3, 0.4) is 0 Å². The van der Waals surface area contributed by atoms with Crippen molar-refractivity contribution >= 4 is 5.91 Å². The van der Waals surface area contributed by atoms with E-state index in [1.54, 1.807) is 6.08 Å². The monoisotopic (exact) mass is 972 g/mol. The van der Waals surface area contributed by atoms with E-state index in [0.29, 0.717) is 6.42 Å². The molecule has 70 heavy (non-hydrogen) atoms. The number of aliphatic hydroxyl groups excluding tert-OH is 2. The molecule has 0 rings (SSSR count). The summed E-state index contributed by atoms with van der Waals surface area (Å²) in [4.78, 5) is 12.5. The lowest BCUT2D eigenvalue weighted by Crippen LogP contribution is -2.45. The maximum Gasteiger partial charge on any atom is 0.220 e. The van der Waals surface area contributed by atoms with Crippen LogP contribution in [0, 0.1) is 0 Å². The molecule has 0 aliphatic carbocycles. The molecule has 1 amide bonds. The number of carbonyl (C=O) groups excluding carboxylic acids is 1. The number of amides is 1. The Morgan fingerprint density at radius 1 is 0.357 bits per heavy atom. The molecule has 0 aliphatic heterocycles. The molecule has 0 fully saturated rings. The van der Waals surface area contributed by atoms with Crippen LogP contribution in [0.4, 0.5) is 0 Å². The fourth-order valence-electron chi connectivity index (χ4n) is 8.98. The summed E-state index contributed by atoms with van der Waals surface area (Å²) in [6.45, 7) is 4.21. The molecule has 0 spiro atoms. The van der Waals surface area contributed by atoms with Gasteiger partial charge in [0.05, 0.1) is 18.8 Å². The van der Waals surface area contributed by atoms with Crippen molar-refractivity contribution in [3.05, 3.63) is 97.2 Å². The summed E-state index contributed by atoms with van der Waals surface area (Å²) in [6.07, 6.45) is 90.1. The fourth-order valence-corrected chi connectivity index (χ4v) is 8.98. The predicted molar refractivity (Wildman–Crippen MR) is 313 cm³/mol. The smallest absolute Gasteiger partial charge is 0.220 e. The lowest BCUT2D eigenvalue weighted by molar-refractivity contribution is -0.123. The van der Waals surface area contributed by atoms with Crippen molar-refractivity contribution in [2.45, 2.75) is 309 Å². The predicted octanol–water partition coefficient (Wildman–Crippen LogP) is 20.5. The minimum Gasteiger partial charge on any atom is -0.394 e. The van der Waals surface area contributed by atoms with E-state index in [1.165, 1.54) is 205 Å². The van der Waals surface area contributed by atoms with Gasteiger partial charge in [0.2, 0.25) is 5.91 Å². The Balaban J connectivity index is 3.55. The van der Waals surface area contributed by atoms with Crippen LogP contribution in [-0.2, 0) is 4.79 Å². The highest BCUT2D eigenvalue weighted by atomic mass is 16.3. The molecule has 0 aliphatic rings. The maximum absolute atomic E-state index is 12.5. The van der Waals surface area contributed by atoms with Gasteiger partial charge in [0, 0.05) is 6.42 Å². The van der Waals surface area contributed by atoms with Crippen LogP contribution >= 0.6 is 0 Å². The Morgan fingerprint density at radius 2 is 0.629 bits per heavy atom. The lowest BCUT2D eigenvalue weighted by atomic mass is 10.0. The van der Waals surface area contributed by atoms with E-state index in [9.17, 15) is 15.0 Å². The van der Waals surface area contributed by atoms with E-state index in [0.717, 1.165) is 70.6 Å². The average molecular weight is 973 g/mol. The van der Waals surface area contributed by atoms with Gasteiger partial charge in [-0.25, -0.2) is 0 Å². The molecule has 404 valence electrons. The van der Waals surface area contributed by atoms with Crippen LogP contribution < -0.4 is 5.32 Å². The maximum atomic E-state index is 12.5. The van der Waals surface area contributed by atoms with Crippen LogP contribution in [0.5, 0.6) is 0 Å². The fraction of sp³-hybridized carbons (Fsp3) is 0.742. The minimum absolute atomic E-state index is 0.0712. The second kappa shape index (κ2) is 60.6. The molecule has 0 saturated heterocycles. The molecule has 2 atom stereocenters. The summed E-state index contributed by atoms with van der Waals surface area (Å²) in [7, 11) is 0. The van der Waals surface area contributed by atoms with Gasteiger partial charge >= 0.3 is 0 Å². The number of rotatable bonds is 55. The van der Waals surface area contributed by atoms with E-state index < -0.39 is 12.1 Å². The third-order valence-corrected chi connectivity index (χ3v) is 13.6. The van der Waals surface area contributed by atoms with E-state index in [2.05, 4.69) is 104 Å². The minimum atomic E-state index is -0.850. The quantitative estimate of drug-likeness (QED) is 0.0420. The Kier molecular flexibility index (Phi) is 58.3. The van der Waals surface area contributed by atoms with Gasteiger partial charge in [-0.3, -0.25) is 4.79 Å². The standard InChI is InChI=1S/C66H117NO3/c1-3-5-7-9-11-13-15-17-19-21-23-25-27-29-31-32-33-34-36-38-40-42-44-46-48-50-52-54-56-58-60-62-66(70)67-64(63-68)65(69)61-59-57-55-53-51-49-47-45-43-41-39-37-35-30-28-26-24-22-20-18-16-14-12-10-8-6-4-2/h5,7,11,13,17,19,23,25,29,31,33-34,38,40,59,61,64-65,68-69H,3-4,6,8-10,12,14-16,18,20-22,24,26-28,30,32,35-37,39,41-58,60,62-63H2,1-2H3,(H,67,70)/b7-5-,13-11-,19-17-,25-23-,31-29-,34-33-,40-38-,61-59+. The topological polar surface area (TPSA) is 69.6 Å². The Labute approximate surface area is 436 Å².